The molecule has 0 spiro atoms. The number of carbonyl (C=O) groups is 1. The van der Waals surface area contributed by atoms with E-state index in [1.165, 1.54) is 12.1 Å². The van der Waals surface area contributed by atoms with Crippen LogP contribution < -0.4 is 0 Å². The fraction of sp³-hybridized carbons (Fsp3) is 0.588. The van der Waals surface area contributed by atoms with E-state index in [1.54, 1.807) is 12.1 Å². The fourth-order valence-electron chi connectivity index (χ4n) is 3.22. The molecule has 4 nitrogen and oxygen atoms in total. The monoisotopic (exact) mass is 306 g/mol. The lowest BCUT2D eigenvalue weighted by molar-refractivity contribution is -0.132. The van der Waals surface area contributed by atoms with Crippen molar-refractivity contribution < 1.29 is 14.3 Å². The number of likely N-dealkylation sites (N-methyl/N-ethyl adjacent to an activating group) is 1. The summed E-state index contributed by atoms with van der Waals surface area (Å²) in [5.74, 6) is 0.173. The number of rotatable bonds is 5. The van der Waals surface area contributed by atoms with Crippen molar-refractivity contribution in [3.63, 3.8) is 0 Å². The van der Waals surface area contributed by atoms with Gasteiger partial charge in [0.05, 0.1) is 12.1 Å². The maximum Gasteiger partial charge on any atom is 0.225 e. The summed E-state index contributed by atoms with van der Waals surface area (Å²) >= 11 is 0. The van der Waals surface area contributed by atoms with Crippen LogP contribution >= 0.6 is 0 Å². The molecule has 1 aliphatic heterocycles. The summed E-state index contributed by atoms with van der Waals surface area (Å²) in [4.78, 5) is 15.9. The van der Waals surface area contributed by atoms with Gasteiger partial charge in [0.25, 0.3) is 0 Å². The Kier molecular flexibility index (Phi) is 4.19. The van der Waals surface area contributed by atoms with Gasteiger partial charge in [0.2, 0.25) is 5.91 Å². The van der Waals surface area contributed by atoms with Gasteiger partial charge in [-0.05, 0) is 44.0 Å². The Morgan fingerprint density at radius 3 is 2.73 bits per heavy atom. The summed E-state index contributed by atoms with van der Waals surface area (Å²) in [5.41, 5.74) is 0.177. The van der Waals surface area contributed by atoms with E-state index in [4.69, 9.17) is 0 Å². The summed E-state index contributed by atoms with van der Waals surface area (Å²) in [6, 6.07) is 6.41. The number of nitrogens with zero attached hydrogens (tertiary/aromatic N) is 2. The molecule has 5 heteroatoms. The minimum absolute atomic E-state index is 0.206. The Balaban J connectivity index is 1.53. The molecule has 2 fully saturated rings. The average molecular weight is 306 g/mol. The second kappa shape index (κ2) is 5.97. The molecule has 0 radical (unpaired) electrons. The molecule has 1 aromatic rings. The molecular formula is C17H23FN2O2. The Bertz CT molecular complexity index is 544. The lowest BCUT2D eigenvalue weighted by Gasteiger charge is -2.29. The fourth-order valence-corrected chi connectivity index (χ4v) is 3.22. The van der Waals surface area contributed by atoms with Gasteiger partial charge in [0, 0.05) is 25.6 Å². The summed E-state index contributed by atoms with van der Waals surface area (Å²) in [6.45, 7) is 2.24. The Morgan fingerprint density at radius 1 is 1.41 bits per heavy atom. The van der Waals surface area contributed by atoms with Gasteiger partial charge in [-0.1, -0.05) is 12.1 Å². The lowest BCUT2D eigenvalue weighted by Crippen LogP contribution is -2.44. The molecule has 1 atom stereocenters. The molecule has 22 heavy (non-hydrogen) atoms. The summed E-state index contributed by atoms with van der Waals surface area (Å²) < 4.78 is 12.9. The lowest BCUT2D eigenvalue weighted by atomic mass is 10.0. The van der Waals surface area contributed by atoms with Gasteiger partial charge in [-0.2, -0.15) is 0 Å². The van der Waals surface area contributed by atoms with Gasteiger partial charge in [0.1, 0.15) is 5.82 Å². The van der Waals surface area contributed by atoms with E-state index in [0.717, 1.165) is 18.4 Å². The van der Waals surface area contributed by atoms with Crippen LogP contribution in [0.15, 0.2) is 24.3 Å². The Morgan fingerprint density at radius 2 is 2.09 bits per heavy atom. The highest BCUT2D eigenvalue weighted by molar-refractivity contribution is 5.81. The largest absolute Gasteiger partial charge is 0.387 e. The first-order valence-corrected chi connectivity index (χ1v) is 7.89. The molecule has 1 N–H and O–H groups in total. The normalized spacial score (nSPS) is 25.0. The van der Waals surface area contributed by atoms with E-state index >= 15 is 0 Å². The maximum atomic E-state index is 12.9. The number of hydrogen-bond acceptors (Lipinski definition) is 3. The maximum absolute atomic E-state index is 12.9. The molecule has 1 saturated heterocycles. The number of halogens is 1. The molecule has 1 saturated carbocycles. The summed E-state index contributed by atoms with van der Waals surface area (Å²) in [5, 5.41) is 10.7. The molecule has 120 valence electrons. The van der Waals surface area contributed by atoms with Crippen molar-refractivity contribution >= 4 is 5.91 Å². The smallest absolute Gasteiger partial charge is 0.225 e. The van der Waals surface area contributed by atoms with Crippen LogP contribution in [0.1, 0.15) is 24.8 Å². The topological polar surface area (TPSA) is 43.8 Å². The van der Waals surface area contributed by atoms with Crippen LogP contribution in [0.5, 0.6) is 0 Å². The minimum Gasteiger partial charge on any atom is -0.387 e. The first-order valence-electron chi connectivity index (χ1n) is 7.89. The van der Waals surface area contributed by atoms with Crippen molar-refractivity contribution in [3.05, 3.63) is 35.6 Å². The van der Waals surface area contributed by atoms with Crippen molar-refractivity contribution in [3.8, 4) is 0 Å². The number of aliphatic hydroxyl groups is 1. The first-order chi connectivity index (χ1) is 10.5. The van der Waals surface area contributed by atoms with Crippen LogP contribution in [0, 0.1) is 11.7 Å². The second-order valence-electron chi connectivity index (χ2n) is 6.81. The molecule has 2 aliphatic rings. The van der Waals surface area contributed by atoms with E-state index in [-0.39, 0.29) is 17.6 Å². The van der Waals surface area contributed by atoms with Crippen LogP contribution in [0.3, 0.4) is 0 Å². The quantitative estimate of drug-likeness (QED) is 0.899. The van der Waals surface area contributed by atoms with E-state index in [2.05, 4.69) is 0 Å². The van der Waals surface area contributed by atoms with E-state index in [9.17, 15) is 14.3 Å². The van der Waals surface area contributed by atoms with Crippen LogP contribution in [-0.4, -0.2) is 53.1 Å². The van der Waals surface area contributed by atoms with Crippen molar-refractivity contribution in [1.29, 1.82) is 0 Å². The highest BCUT2D eigenvalue weighted by Gasteiger charge is 2.42. The molecule has 1 unspecified atom stereocenters. The van der Waals surface area contributed by atoms with Crippen LogP contribution in [0.4, 0.5) is 4.39 Å². The standard InChI is InChI=1S/C17H23FN2O2/c1-19(10-13-2-6-15(18)7-3-13)11-17(22)8-9-20(12-17)16(21)14-4-5-14/h2-3,6-7,14,22H,4-5,8-12H2,1H3. The van der Waals surface area contributed by atoms with Crippen LogP contribution in [0.25, 0.3) is 0 Å². The average Bonchev–Trinajstić information content (AvgIpc) is 3.24. The van der Waals surface area contributed by atoms with Crippen molar-refractivity contribution in [2.75, 3.05) is 26.7 Å². The van der Waals surface area contributed by atoms with Crippen molar-refractivity contribution in [2.24, 2.45) is 5.92 Å². The highest BCUT2D eigenvalue weighted by atomic mass is 19.1. The predicted octanol–water partition coefficient (Wildman–Crippen LogP) is 1.63. The molecule has 0 aromatic heterocycles. The minimum atomic E-state index is -0.834. The summed E-state index contributed by atoms with van der Waals surface area (Å²) in [7, 11) is 1.94. The van der Waals surface area contributed by atoms with Gasteiger partial charge in [-0.15, -0.1) is 0 Å². The number of amides is 1. The van der Waals surface area contributed by atoms with Gasteiger partial charge in [0.15, 0.2) is 0 Å². The van der Waals surface area contributed by atoms with Crippen LogP contribution in [-0.2, 0) is 11.3 Å². The second-order valence-corrected chi connectivity index (χ2v) is 6.81. The molecule has 0 bridgehead atoms. The molecule has 1 aromatic carbocycles. The van der Waals surface area contributed by atoms with E-state index in [0.29, 0.717) is 32.6 Å². The number of benzene rings is 1. The molecule has 1 amide bonds. The highest BCUT2D eigenvalue weighted by Crippen LogP contribution is 2.33. The van der Waals surface area contributed by atoms with Crippen molar-refractivity contribution in [2.45, 2.75) is 31.4 Å². The van der Waals surface area contributed by atoms with Crippen molar-refractivity contribution in [1.82, 2.24) is 9.80 Å². The number of β-amino-alcohol motifs (C(OH)–C–C–N with tert-alkyl or cyclic N) is 1. The van der Waals surface area contributed by atoms with E-state index < -0.39 is 5.60 Å². The molecule has 1 heterocycles. The Labute approximate surface area is 130 Å². The zero-order chi connectivity index (χ0) is 15.7. The number of hydrogen-bond donors (Lipinski definition) is 1. The van der Waals surface area contributed by atoms with Crippen LogP contribution in [0.2, 0.25) is 0 Å². The third kappa shape index (κ3) is 3.65. The van der Waals surface area contributed by atoms with Gasteiger partial charge < -0.3 is 10.0 Å². The zero-order valence-corrected chi connectivity index (χ0v) is 13.0. The Hall–Kier alpha value is -1.46. The van der Waals surface area contributed by atoms with Gasteiger partial charge in [-0.3, -0.25) is 9.69 Å². The SMILES string of the molecule is CN(Cc1ccc(F)cc1)CC1(O)CCN(C(=O)C2CC2)C1. The van der Waals surface area contributed by atoms with Gasteiger partial charge in [-0.25, -0.2) is 4.39 Å². The molecule has 1 aliphatic carbocycles. The first kappa shape index (κ1) is 15.4. The molecular weight excluding hydrogens is 283 g/mol. The van der Waals surface area contributed by atoms with Gasteiger partial charge >= 0.3 is 0 Å². The zero-order valence-electron chi connectivity index (χ0n) is 13.0. The predicted molar refractivity (Wildman–Crippen MR) is 81.6 cm³/mol. The number of carbonyl (C=O) groups excluding carboxylic acids is 1. The summed E-state index contributed by atoms with van der Waals surface area (Å²) in [6.07, 6.45) is 2.62. The van der Waals surface area contributed by atoms with E-state index in [1.807, 2.05) is 16.8 Å². The molecule has 3 rings (SSSR count). The third-order valence-corrected chi connectivity index (χ3v) is 4.50. The third-order valence-electron chi connectivity index (χ3n) is 4.50. The number of likely N-dealkylation sites (tertiary alicyclic amines) is 1.